The van der Waals surface area contributed by atoms with Crippen molar-refractivity contribution < 1.29 is 28.3 Å². The minimum absolute atomic E-state index is 0.176. The second-order valence-electron chi connectivity index (χ2n) is 7.64. The van der Waals surface area contributed by atoms with E-state index in [0.717, 1.165) is 4.57 Å². The standard InChI is InChI=1S/C25H23N3O7/c1-15-11-22-26-18(13-23(29)28(22)35-15)14-33-25(31)17-9-10-21(32-3)20(12-17)27-24(30)16(2)34-19-7-5-4-6-8-19/h4-13,16H,14H2,1-3H3,(H,27,30)/t16-/m1/s1. The molecule has 0 saturated carbocycles. The molecule has 2 aromatic carbocycles. The van der Waals surface area contributed by atoms with Crippen LogP contribution in [0.15, 0.2) is 70.0 Å². The average molecular weight is 477 g/mol. The molecule has 2 heterocycles. The van der Waals surface area contributed by atoms with E-state index in [2.05, 4.69) is 10.3 Å². The second kappa shape index (κ2) is 10.1. The van der Waals surface area contributed by atoms with Gasteiger partial charge < -0.3 is 24.1 Å². The summed E-state index contributed by atoms with van der Waals surface area (Å²) < 4.78 is 22.6. The first-order valence-corrected chi connectivity index (χ1v) is 10.7. The highest BCUT2D eigenvalue weighted by atomic mass is 16.5. The number of fused-ring (bicyclic) bond motifs is 1. The highest BCUT2D eigenvalue weighted by Crippen LogP contribution is 2.26. The van der Waals surface area contributed by atoms with Crippen LogP contribution < -0.4 is 20.3 Å². The molecule has 1 atom stereocenters. The molecule has 1 amide bonds. The quantitative estimate of drug-likeness (QED) is 0.384. The molecule has 0 bridgehead atoms. The maximum atomic E-state index is 12.7. The number of hydrogen-bond acceptors (Lipinski definition) is 8. The molecule has 1 N–H and O–H groups in total. The number of anilines is 1. The summed E-state index contributed by atoms with van der Waals surface area (Å²) in [5.74, 6) is 0.349. The number of methoxy groups -OCH3 is 1. The third-order valence-electron chi connectivity index (χ3n) is 4.99. The van der Waals surface area contributed by atoms with E-state index in [1.165, 1.54) is 25.3 Å². The van der Waals surface area contributed by atoms with Gasteiger partial charge >= 0.3 is 5.97 Å². The molecule has 0 unspecified atom stereocenters. The van der Waals surface area contributed by atoms with Crippen molar-refractivity contribution in [3.63, 3.8) is 0 Å². The summed E-state index contributed by atoms with van der Waals surface area (Å²) in [5.41, 5.74) is 0.632. The van der Waals surface area contributed by atoms with Crippen molar-refractivity contribution in [3.8, 4) is 11.5 Å². The zero-order valence-corrected chi connectivity index (χ0v) is 19.3. The summed E-state index contributed by atoms with van der Waals surface area (Å²) in [6, 6.07) is 16.3. The van der Waals surface area contributed by atoms with E-state index in [4.69, 9.17) is 18.7 Å². The Morgan fingerprint density at radius 2 is 1.89 bits per heavy atom. The number of benzene rings is 2. The van der Waals surface area contributed by atoms with Crippen LogP contribution in [0.1, 0.15) is 28.7 Å². The number of rotatable bonds is 8. The molecule has 35 heavy (non-hydrogen) atoms. The van der Waals surface area contributed by atoms with Crippen molar-refractivity contribution in [2.75, 3.05) is 12.4 Å². The zero-order chi connectivity index (χ0) is 24.9. The zero-order valence-electron chi connectivity index (χ0n) is 19.3. The maximum absolute atomic E-state index is 12.7. The summed E-state index contributed by atoms with van der Waals surface area (Å²) in [5, 5.41) is 2.72. The van der Waals surface area contributed by atoms with Gasteiger partial charge in [0.1, 0.15) is 23.9 Å². The van der Waals surface area contributed by atoms with Crippen LogP contribution in [0.4, 0.5) is 5.69 Å². The lowest BCUT2D eigenvalue weighted by molar-refractivity contribution is -0.122. The number of ether oxygens (including phenoxy) is 3. The van der Waals surface area contributed by atoms with E-state index in [9.17, 15) is 14.4 Å². The first kappa shape index (κ1) is 23.6. The predicted octanol–water partition coefficient (Wildman–Crippen LogP) is 3.37. The Bertz CT molecular complexity index is 1430. The van der Waals surface area contributed by atoms with Gasteiger partial charge in [0.25, 0.3) is 11.5 Å². The Kier molecular flexibility index (Phi) is 6.81. The first-order valence-electron chi connectivity index (χ1n) is 10.7. The van der Waals surface area contributed by atoms with Crippen LogP contribution in [0, 0.1) is 6.92 Å². The molecule has 0 fully saturated rings. The monoisotopic (exact) mass is 477 g/mol. The number of aryl methyl sites for hydroxylation is 1. The van der Waals surface area contributed by atoms with Gasteiger partial charge in [-0.05, 0) is 44.2 Å². The summed E-state index contributed by atoms with van der Waals surface area (Å²) in [6.07, 6.45) is -0.801. The molecule has 10 nitrogen and oxygen atoms in total. The topological polar surface area (TPSA) is 121 Å². The van der Waals surface area contributed by atoms with Crippen molar-refractivity contribution in [1.29, 1.82) is 0 Å². The molecule has 0 saturated heterocycles. The number of hydrogen-bond donors (Lipinski definition) is 1. The Hall–Kier alpha value is -4.60. The van der Waals surface area contributed by atoms with Gasteiger partial charge in [-0.15, -0.1) is 4.57 Å². The van der Waals surface area contributed by atoms with E-state index in [1.54, 1.807) is 50.2 Å². The van der Waals surface area contributed by atoms with Crippen LogP contribution in [0.2, 0.25) is 0 Å². The number of esters is 1. The van der Waals surface area contributed by atoms with Gasteiger partial charge in [0.15, 0.2) is 11.8 Å². The highest BCUT2D eigenvalue weighted by Gasteiger charge is 2.19. The van der Waals surface area contributed by atoms with Crippen molar-refractivity contribution in [2.24, 2.45) is 0 Å². The number of nitrogens with zero attached hydrogens (tertiary/aromatic N) is 2. The van der Waals surface area contributed by atoms with Crippen LogP contribution in [-0.4, -0.2) is 34.6 Å². The molecule has 4 rings (SSSR count). The van der Waals surface area contributed by atoms with Crippen molar-refractivity contribution >= 4 is 23.2 Å². The smallest absolute Gasteiger partial charge is 0.338 e. The molecule has 0 aliphatic rings. The third-order valence-corrected chi connectivity index (χ3v) is 4.99. The van der Waals surface area contributed by atoms with Gasteiger partial charge in [-0.1, -0.05) is 18.2 Å². The van der Waals surface area contributed by atoms with Gasteiger partial charge in [0.05, 0.1) is 24.1 Å². The van der Waals surface area contributed by atoms with Gasteiger partial charge in [-0.2, -0.15) is 0 Å². The fourth-order valence-corrected chi connectivity index (χ4v) is 3.29. The predicted molar refractivity (Wildman–Crippen MR) is 126 cm³/mol. The fraction of sp³-hybridized carbons (Fsp3) is 0.200. The Labute approximate surface area is 200 Å². The lowest BCUT2D eigenvalue weighted by Gasteiger charge is -2.16. The minimum Gasteiger partial charge on any atom is -0.495 e. The van der Waals surface area contributed by atoms with Gasteiger partial charge in [-0.25, -0.2) is 9.78 Å². The number of nitrogens with one attached hydrogen (secondary N) is 1. The molecule has 4 aromatic rings. The summed E-state index contributed by atoms with van der Waals surface area (Å²) >= 11 is 0. The van der Waals surface area contributed by atoms with Crippen LogP contribution in [0.5, 0.6) is 11.5 Å². The molecule has 0 aliphatic carbocycles. The molecule has 2 aromatic heterocycles. The normalized spacial score (nSPS) is 11.6. The largest absolute Gasteiger partial charge is 0.495 e. The number of para-hydroxylation sites is 1. The Morgan fingerprint density at radius 1 is 1.11 bits per heavy atom. The fourth-order valence-electron chi connectivity index (χ4n) is 3.29. The van der Waals surface area contributed by atoms with Crippen molar-refractivity contribution in [1.82, 2.24) is 9.56 Å². The molecular weight excluding hydrogens is 454 g/mol. The van der Waals surface area contributed by atoms with Crippen LogP contribution in [-0.2, 0) is 16.1 Å². The lowest BCUT2D eigenvalue weighted by Crippen LogP contribution is -2.30. The average Bonchev–Trinajstić information content (AvgIpc) is 3.23. The first-order chi connectivity index (χ1) is 16.8. The summed E-state index contributed by atoms with van der Waals surface area (Å²) in [4.78, 5) is 41.7. The van der Waals surface area contributed by atoms with Crippen LogP contribution >= 0.6 is 0 Å². The Balaban J connectivity index is 1.45. The number of carbonyl (C=O) groups excluding carboxylic acids is 2. The molecule has 180 valence electrons. The summed E-state index contributed by atoms with van der Waals surface area (Å²) in [6.45, 7) is 3.09. The van der Waals surface area contributed by atoms with Crippen molar-refractivity contribution in [3.05, 3.63) is 88.0 Å². The van der Waals surface area contributed by atoms with Crippen molar-refractivity contribution in [2.45, 2.75) is 26.6 Å². The second-order valence-corrected chi connectivity index (χ2v) is 7.64. The van der Waals surface area contributed by atoms with E-state index in [0.29, 0.717) is 22.9 Å². The molecule has 0 aliphatic heterocycles. The SMILES string of the molecule is COc1ccc(C(=O)OCc2cc(=O)n3oc(C)cc3n2)cc1NC(=O)[C@@H](C)Oc1ccccc1. The van der Waals surface area contributed by atoms with Gasteiger partial charge in [0.2, 0.25) is 0 Å². The van der Waals surface area contributed by atoms with Crippen LogP contribution in [0.25, 0.3) is 5.65 Å². The molecular formula is C25H23N3O7. The number of amides is 1. The summed E-state index contributed by atoms with van der Waals surface area (Å²) in [7, 11) is 1.45. The maximum Gasteiger partial charge on any atom is 0.338 e. The molecule has 0 radical (unpaired) electrons. The van der Waals surface area contributed by atoms with E-state index >= 15 is 0 Å². The van der Waals surface area contributed by atoms with Crippen LogP contribution in [0.3, 0.4) is 0 Å². The molecule has 0 spiro atoms. The third kappa shape index (κ3) is 5.49. The van der Waals surface area contributed by atoms with E-state index in [-0.39, 0.29) is 23.6 Å². The number of carbonyl (C=O) groups is 2. The Morgan fingerprint density at radius 3 is 2.63 bits per heavy atom. The van der Waals surface area contributed by atoms with E-state index < -0.39 is 23.5 Å². The van der Waals surface area contributed by atoms with E-state index in [1.807, 2.05) is 6.07 Å². The highest BCUT2D eigenvalue weighted by molar-refractivity contribution is 5.98. The number of aromatic nitrogens is 2. The minimum atomic E-state index is -0.801. The molecule has 10 heteroatoms. The lowest BCUT2D eigenvalue weighted by atomic mass is 10.1. The van der Waals surface area contributed by atoms with Gasteiger partial charge in [0, 0.05) is 12.1 Å². The van der Waals surface area contributed by atoms with Gasteiger partial charge in [-0.3, -0.25) is 9.59 Å².